The molecule has 1 heterocycles. The summed E-state index contributed by atoms with van der Waals surface area (Å²) in [5.41, 5.74) is 3.26. The summed E-state index contributed by atoms with van der Waals surface area (Å²) in [4.78, 5) is 24.7. The monoisotopic (exact) mass is 356 g/mol. The summed E-state index contributed by atoms with van der Waals surface area (Å²) >= 11 is 0. The Kier molecular flexibility index (Phi) is 4.22. The van der Waals surface area contributed by atoms with Crippen molar-refractivity contribution >= 4 is 33.7 Å². The van der Waals surface area contributed by atoms with E-state index in [2.05, 4.69) is 15.6 Å². The average molecular weight is 356 g/mol. The van der Waals surface area contributed by atoms with Gasteiger partial charge in [-0.1, -0.05) is 54.6 Å². The Morgan fingerprint density at radius 3 is 2.52 bits per heavy atom. The van der Waals surface area contributed by atoms with Crippen molar-refractivity contribution in [3.63, 3.8) is 0 Å². The van der Waals surface area contributed by atoms with Gasteiger partial charge < -0.3 is 0 Å². The average Bonchev–Trinajstić information content (AvgIpc) is 2.70. The molecule has 0 fully saturated rings. The predicted octanol–water partition coefficient (Wildman–Crippen LogP) is 2.85. The summed E-state index contributed by atoms with van der Waals surface area (Å²) in [6, 6.07) is 20.8. The highest BCUT2D eigenvalue weighted by Gasteiger charge is 2.14. The number of amides is 1. The number of hydrogen-bond donors (Lipinski definition) is 1. The van der Waals surface area contributed by atoms with Crippen LogP contribution in [0.2, 0.25) is 0 Å². The summed E-state index contributed by atoms with van der Waals surface area (Å²) in [7, 11) is 1.52. The lowest BCUT2D eigenvalue weighted by Crippen LogP contribution is -2.27. The van der Waals surface area contributed by atoms with E-state index in [0.717, 1.165) is 21.0 Å². The molecule has 132 valence electrons. The van der Waals surface area contributed by atoms with Crippen LogP contribution in [-0.4, -0.2) is 21.9 Å². The molecule has 27 heavy (non-hydrogen) atoms. The van der Waals surface area contributed by atoms with E-state index in [4.69, 9.17) is 0 Å². The standard InChI is InChI=1S/C21H16N4O2/c1-25-21(27)18-9-5-4-8-17(18)19(24-25)20(26)23-22-13-14-10-11-15-6-2-3-7-16(15)12-14/h2-13H,1H3,(H,23,26)/b22-13+. The summed E-state index contributed by atoms with van der Waals surface area (Å²) in [5.74, 6) is -0.473. The number of fused-ring (bicyclic) bond motifs is 2. The number of carbonyl (C=O) groups excluding carboxylic acids is 1. The van der Waals surface area contributed by atoms with Crippen LogP contribution in [0, 0.1) is 0 Å². The van der Waals surface area contributed by atoms with Gasteiger partial charge >= 0.3 is 0 Å². The molecular weight excluding hydrogens is 340 g/mol. The number of nitrogens with zero attached hydrogens (tertiary/aromatic N) is 3. The lowest BCUT2D eigenvalue weighted by Gasteiger charge is -2.06. The molecule has 6 nitrogen and oxygen atoms in total. The van der Waals surface area contributed by atoms with Crippen molar-refractivity contribution in [1.82, 2.24) is 15.2 Å². The van der Waals surface area contributed by atoms with Crippen molar-refractivity contribution in [3.8, 4) is 0 Å². The zero-order valence-corrected chi connectivity index (χ0v) is 14.6. The Labute approximate surface area is 154 Å². The molecular formula is C21H16N4O2. The number of nitrogens with one attached hydrogen (secondary N) is 1. The second kappa shape index (κ2) is 6.84. The van der Waals surface area contributed by atoms with E-state index in [1.54, 1.807) is 30.5 Å². The van der Waals surface area contributed by atoms with Crippen LogP contribution < -0.4 is 11.0 Å². The number of hydrazone groups is 1. The topological polar surface area (TPSA) is 76.3 Å². The third-order valence-electron chi connectivity index (χ3n) is 4.32. The highest BCUT2D eigenvalue weighted by molar-refractivity contribution is 6.05. The minimum atomic E-state index is -0.473. The van der Waals surface area contributed by atoms with Gasteiger partial charge in [0, 0.05) is 12.4 Å². The summed E-state index contributed by atoms with van der Waals surface area (Å²) in [6.45, 7) is 0. The molecule has 0 unspecified atom stereocenters. The minimum Gasteiger partial charge on any atom is -0.267 e. The van der Waals surface area contributed by atoms with E-state index in [1.807, 2.05) is 42.5 Å². The molecule has 0 saturated carbocycles. The van der Waals surface area contributed by atoms with Crippen molar-refractivity contribution in [2.75, 3.05) is 0 Å². The largest absolute Gasteiger partial charge is 0.292 e. The molecule has 0 aliphatic heterocycles. The molecule has 1 aromatic heterocycles. The Hall–Kier alpha value is -3.80. The summed E-state index contributed by atoms with van der Waals surface area (Å²) in [5, 5.41) is 11.3. The van der Waals surface area contributed by atoms with Crippen LogP contribution in [-0.2, 0) is 7.05 Å². The number of carbonyl (C=O) groups is 1. The van der Waals surface area contributed by atoms with Gasteiger partial charge in [0.1, 0.15) is 0 Å². The predicted molar refractivity (Wildman–Crippen MR) is 106 cm³/mol. The van der Waals surface area contributed by atoms with Crippen molar-refractivity contribution in [2.24, 2.45) is 12.1 Å². The fraction of sp³-hybridized carbons (Fsp3) is 0.0476. The molecule has 0 spiro atoms. The fourth-order valence-corrected chi connectivity index (χ4v) is 2.97. The number of rotatable bonds is 3. The number of aryl methyl sites for hydroxylation is 1. The first kappa shape index (κ1) is 16.7. The quantitative estimate of drug-likeness (QED) is 0.453. The summed E-state index contributed by atoms with van der Waals surface area (Å²) < 4.78 is 1.16. The van der Waals surface area contributed by atoms with E-state index in [-0.39, 0.29) is 11.3 Å². The zero-order valence-electron chi connectivity index (χ0n) is 14.6. The number of benzene rings is 3. The second-order valence-corrected chi connectivity index (χ2v) is 6.13. The Balaban J connectivity index is 1.61. The number of hydrogen-bond acceptors (Lipinski definition) is 4. The molecule has 3 aromatic carbocycles. The van der Waals surface area contributed by atoms with E-state index in [9.17, 15) is 9.59 Å². The lowest BCUT2D eigenvalue weighted by molar-refractivity contribution is 0.0950. The van der Waals surface area contributed by atoms with E-state index in [0.29, 0.717) is 10.8 Å². The van der Waals surface area contributed by atoms with Crippen LogP contribution in [0.25, 0.3) is 21.5 Å². The van der Waals surface area contributed by atoms with Gasteiger partial charge in [-0.25, -0.2) is 10.1 Å². The van der Waals surface area contributed by atoms with Crippen molar-refractivity contribution in [3.05, 3.63) is 88.3 Å². The molecule has 6 heteroatoms. The minimum absolute atomic E-state index is 0.156. The molecule has 4 aromatic rings. The molecule has 1 amide bonds. The third-order valence-corrected chi connectivity index (χ3v) is 4.32. The first-order chi connectivity index (χ1) is 13.1. The van der Waals surface area contributed by atoms with Crippen molar-refractivity contribution in [2.45, 2.75) is 0 Å². The smallest absolute Gasteiger partial charge is 0.267 e. The molecule has 0 aliphatic rings. The van der Waals surface area contributed by atoms with Crippen LogP contribution in [0.1, 0.15) is 16.1 Å². The third kappa shape index (κ3) is 3.20. The Bertz CT molecular complexity index is 1260. The van der Waals surface area contributed by atoms with Crippen molar-refractivity contribution < 1.29 is 4.79 Å². The molecule has 0 bridgehead atoms. The fourth-order valence-electron chi connectivity index (χ4n) is 2.97. The van der Waals surface area contributed by atoms with Crippen LogP contribution in [0.5, 0.6) is 0 Å². The molecule has 0 aliphatic carbocycles. The van der Waals surface area contributed by atoms with E-state index < -0.39 is 5.91 Å². The van der Waals surface area contributed by atoms with E-state index in [1.165, 1.54) is 7.05 Å². The maximum atomic E-state index is 12.5. The van der Waals surface area contributed by atoms with Crippen LogP contribution in [0.3, 0.4) is 0 Å². The highest BCUT2D eigenvalue weighted by atomic mass is 16.2. The Morgan fingerprint density at radius 1 is 1.00 bits per heavy atom. The molecule has 0 atom stereocenters. The van der Waals surface area contributed by atoms with Gasteiger partial charge in [-0.05, 0) is 28.5 Å². The molecule has 0 radical (unpaired) electrons. The molecule has 1 N–H and O–H groups in total. The Morgan fingerprint density at radius 2 is 1.70 bits per heavy atom. The maximum absolute atomic E-state index is 12.5. The number of aromatic nitrogens is 2. The molecule has 0 saturated heterocycles. The zero-order chi connectivity index (χ0) is 18.8. The highest BCUT2D eigenvalue weighted by Crippen LogP contribution is 2.15. The van der Waals surface area contributed by atoms with Gasteiger partial charge in [-0.2, -0.15) is 10.2 Å². The normalized spacial score (nSPS) is 11.3. The maximum Gasteiger partial charge on any atom is 0.292 e. The van der Waals surface area contributed by atoms with Crippen LogP contribution in [0.15, 0.2) is 76.6 Å². The van der Waals surface area contributed by atoms with Crippen molar-refractivity contribution in [1.29, 1.82) is 0 Å². The SMILES string of the molecule is Cn1nc(C(=O)N/N=C/c2ccc3ccccc3c2)c2ccccc2c1=O. The first-order valence-corrected chi connectivity index (χ1v) is 8.42. The van der Waals surface area contributed by atoms with Crippen LogP contribution in [0.4, 0.5) is 0 Å². The van der Waals surface area contributed by atoms with Gasteiger partial charge in [-0.15, -0.1) is 0 Å². The van der Waals surface area contributed by atoms with E-state index >= 15 is 0 Å². The van der Waals surface area contributed by atoms with Crippen LogP contribution >= 0.6 is 0 Å². The first-order valence-electron chi connectivity index (χ1n) is 8.42. The van der Waals surface area contributed by atoms with Gasteiger partial charge in [-0.3, -0.25) is 9.59 Å². The van der Waals surface area contributed by atoms with Gasteiger partial charge in [0.15, 0.2) is 5.69 Å². The van der Waals surface area contributed by atoms with Gasteiger partial charge in [0.05, 0.1) is 11.6 Å². The van der Waals surface area contributed by atoms with Gasteiger partial charge in [0.25, 0.3) is 11.5 Å². The summed E-state index contributed by atoms with van der Waals surface area (Å²) in [6.07, 6.45) is 1.58. The molecule has 4 rings (SSSR count). The lowest BCUT2D eigenvalue weighted by atomic mass is 10.1. The van der Waals surface area contributed by atoms with Gasteiger partial charge in [0.2, 0.25) is 0 Å². The second-order valence-electron chi connectivity index (χ2n) is 6.13.